The zero-order valence-corrected chi connectivity index (χ0v) is 16.5. The lowest BCUT2D eigenvalue weighted by molar-refractivity contribution is -0.209. The molecule has 2 aliphatic carbocycles. The summed E-state index contributed by atoms with van der Waals surface area (Å²) < 4.78 is 16.9. The van der Waals surface area contributed by atoms with E-state index >= 15 is 0 Å². The topological polar surface area (TPSA) is 88.7 Å². The fourth-order valence-electron chi connectivity index (χ4n) is 5.49. The van der Waals surface area contributed by atoms with Crippen LogP contribution < -0.4 is 0 Å². The summed E-state index contributed by atoms with van der Waals surface area (Å²) >= 11 is 0. The minimum absolute atomic E-state index is 0.139. The van der Waals surface area contributed by atoms with Gasteiger partial charge in [-0.25, -0.2) is 4.79 Å². The van der Waals surface area contributed by atoms with Crippen LogP contribution in [0.4, 0.5) is 0 Å². The first-order valence-electron chi connectivity index (χ1n) is 9.63. The van der Waals surface area contributed by atoms with Gasteiger partial charge in [0.15, 0.2) is 17.0 Å². The lowest BCUT2D eigenvalue weighted by Crippen LogP contribution is -2.63. The van der Waals surface area contributed by atoms with E-state index in [1.807, 2.05) is 20.8 Å². The maximum Gasteiger partial charge on any atom is 0.341 e. The zero-order valence-electron chi connectivity index (χ0n) is 16.5. The molecular weight excluding hydrogens is 336 g/mol. The number of hydrogen-bond donors (Lipinski definition) is 1. The highest BCUT2D eigenvalue weighted by Crippen LogP contribution is 2.64. The van der Waals surface area contributed by atoms with E-state index in [0.29, 0.717) is 19.3 Å². The van der Waals surface area contributed by atoms with Crippen LogP contribution in [0.25, 0.3) is 0 Å². The minimum atomic E-state index is -1.22. The van der Waals surface area contributed by atoms with Gasteiger partial charge >= 0.3 is 5.97 Å². The molecule has 7 unspecified atom stereocenters. The number of Topliss-reactive ketones (excluding diaryl/α,β-unsaturated/α-hetero) is 1. The molecule has 4 rings (SSSR count). The molecule has 2 aliphatic heterocycles. The van der Waals surface area contributed by atoms with Crippen LogP contribution in [0.15, 0.2) is 0 Å². The van der Waals surface area contributed by atoms with E-state index in [9.17, 15) is 14.7 Å². The number of carbonyl (C=O) groups excluding carboxylic acids is 2. The first kappa shape index (κ1) is 18.4. The lowest BCUT2D eigenvalue weighted by Gasteiger charge is -2.55. The van der Waals surface area contributed by atoms with Crippen LogP contribution in [0.2, 0.25) is 0 Å². The van der Waals surface area contributed by atoms with Crippen molar-refractivity contribution in [2.75, 3.05) is 0 Å². The summed E-state index contributed by atoms with van der Waals surface area (Å²) in [5.74, 6) is -0.449. The summed E-state index contributed by atoms with van der Waals surface area (Å²) in [4.78, 5) is 25.3. The summed E-state index contributed by atoms with van der Waals surface area (Å²) in [5, 5.41) is 11.4. The fourth-order valence-corrected chi connectivity index (χ4v) is 5.49. The van der Waals surface area contributed by atoms with Crippen molar-refractivity contribution < 1.29 is 28.9 Å². The molecule has 146 valence electrons. The Labute approximate surface area is 154 Å². The summed E-state index contributed by atoms with van der Waals surface area (Å²) in [6.07, 6.45) is 1.39. The number of aliphatic hydroxyl groups is 1. The molecule has 2 heterocycles. The van der Waals surface area contributed by atoms with Crippen molar-refractivity contribution >= 4 is 11.8 Å². The summed E-state index contributed by atoms with van der Waals surface area (Å²) in [5.41, 5.74) is -3.71. The zero-order chi connectivity index (χ0) is 19.3. The van der Waals surface area contributed by atoms with Gasteiger partial charge in [0, 0.05) is 12.3 Å². The minimum Gasteiger partial charge on any atom is -0.457 e. The van der Waals surface area contributed by atoms with Crippen molar-refractivity contribution in [2.24, 2.45) is 11.3 Å². The molecule has 2 saturated carbocycles. The first-order chi connectivity index (χ1) is 11.8. The van der Waals surface area contributed by atoms with E-state index in [4.69, 9.17) is 14.2 Å². The van der Waals surface area contributed by atoms with Crippen LogP contribution in [0, 0.1) is 11.3 Å². The first-order valence-corrected chi connectivity index (χ1v) is 9.63. The standard InChI is InChI=1S/C20H30O6/c1-11-19(6,25-11)15(22)24-14-7-8-17(4)10-13(21)20(16(2,3)26-20)9-12(17)18(14,5)23/h11-12,14,23H,7-10H2,1-6H3. The van der Waals surface area contributed by atoms with Gasteiger partial charge in [0.1, 0.15) is 17.3 Å². The van der Waals surface area contributed by atoms with Gasteiger partial charge in [0.25, 0.3) is 0 Å². The molecule has 4 fully saturated rings. The molecule has 1 spiro atoms. The van der Waals surface area contributed by atoms with Crippen molar-refractivity contribution in [1.82, 2.24) is 0 Å². The van der Waals surface area contributed by atoms with Gasteiger partial charge in [-0.2, -0.15) is 0 Å². The van der Waals surface area contributed by atoms with E-state index in [1.165, 1.54) is 0 Å². The Morgan fingerprint density at radius 3 is 2.31 bits per heavy atom. The average Bonchev–Trinajstić information content (AvgIpc) is 3.31. The van der Waals surface area contributed by atoms with Crippen molar-refractivity contribution in [1.29, 1.82) is 0 Å². The van der Waals surface area contributed by atoms with Gasteiger partial charge in [0.05, 0.1) is 6.10 Å². The Balaban J connectivity index is 1.58. The summed E-state index contributed by atoms with van der Waals surface area (Å²) in [6.45, 7) is 11.2. The maximum absolute atomic E-state index is 12.8. The second-order valence-electron chi connectivity index (χ2n) is 9.98. The van der Waals surface area contributed by atoms with E-state index in [-0.39, 0.29) is 23.2 Å². The van der Waals surface area contributed by atoms with Crippen LogP contribution in [-0.4, -0.2) is 51.5 Å². The highest BCUT2D eigenvalue weighted by Gasteiger charge is 2.74. The highest BCUT2D eigenvalue weighted by molar-refractivity contribution is 5.93. The largest absolute Gasteiger partial charge is 0.457 e. The Morgan fingerprint density at radius 2 is 1.81 bits per heavy atom. The van der Waals surface area contributed by atoms with Gasteiger partial charge in [-0.1, -0.05) is 6.92 Å². The van der Waals surface area contributed by atoms with Crippen LogP contribution in [0.1, 0.15) is 67.2 Å². The normalized spacial score (nSPS) is 54.6. The van der Waals surface area contributed by atoms with Crippen molar-refractivity contribution in [2.45, 2.75) is 102 Å². The molecule has 2 saturated heterocycles. The monoisotopic (exact) mass is 366 g/mol. The molecule has 26 heavy (non-hydrogen) atoms. The third kappa shape index (κ3) is 2.21. The molecular formula is C20H30O6. The van der Waals surface area contributed by atoms with Crippen molar-refractivity contribution in [3.63, 3.8) is 0 Å². The van der Waals surface area contributed by atoms with Gasteiger partial charge in [-0.3, -0.25) is 4.79 Å². The third-order valence-corrected chi connectivity index (χ3v) is 7.84. The molecule has 1 N–H and O–H groups in total. The molecule has 0 aromatic carbocycles. The van der Waals surface area contributed by atoms with Gasteiger partial charge < -0.3 is 19.3 Å². The number of epoxide rings is 2. The molecule has 0 aromatic heterocycles. The number of ketones is 1. The summed E-state index contributed by atoms with van der Waals surface area (Å²) in [7, 11) is 0. The van der Waals surface area contributed by atoms with Crippen molar-refractivity contribution in [3.8, 4) is 0 Å². The van der Waals surface area contributed by atoms with E-state index in [2.05, 4.69) is 6.92 Å². The fraction of sp³-hybridized carbons (Fsp3) is 0.900. The van der Waals surface area contributed by atoms with Crippen LogP contribution in [0.3, 0.4) is 0 Å². The van der Waals surface area contributed by atoms with E-state index in [1.54, 1.807) is 13.8 Å². The molecule has 0 bridgehead atoms. The SMILES string of the molecule is CC1OC1(C)C(=O)OC1CCC2(C)CC(=O)C3(CC2C1(C)O)OC3(C)C. The Bertz CT molecular complexity index is 684. The average molecular weight is 366 g/mol. The van der Waals surface area contributed by atoms with E-state index < -0.39 is 34.5 Å². The van der Waals surface area contributed by atoms with Gasteiger partial charge in [0.2, 0.25) is 0 Å². The molecule has 0 radical (unpaired) electrons. The number of fused-ring (bicyclic) bond motifs is 1. The number of hydrogen-bond acceptors (Lipinski definition) is 6. The predicted octanol–water partition coefficient (Wildman–Crippen LogP) is 2.15. The maximum atomic E-state index is 12.8. The predicted molar refractivity (Wildman–Crippen MR) is 92.4 cm³/mol. The molecule has 0 aromatic rings. The molecule has 4 aliphatic rings. The number of ether oxygens (including phenoxy) is 3. The number of esters is 1. The Morgan fingerprint density at radius 1 is 1.23 bits per heavy atom. The molecule has 6 nitrogen and oxygen atoms in total. The van der Waals surface area contributed by atoms with E-state index in [0.717, 1.165) is 6.42 Å². The van der Waals surface area contributed by atoms with Crippen LogP contribution in [0.5, 0.6) is 0 Å². The second kappa shape index (κ2) is 4.89. The van der Waals surface area contributed by atoms with Crippen molar-refractivity contribution in [3.05, 3.63) is 0 Å². The number of rotatable bonds is 2. The lowest BCUT2D eigenvalue weighted by atomic mass is 9.51. The van der Waals surface area contributed by atoms with Gasteiger partial charge in [-0.05, 0) is 59.3 Å². The molecule has 6 heteroatoms. The third-order valence-electron chi connectivity index (χ3n) is 7.84. The number of carbonyl (C=O) groups is 2. The second-order valence-corrected chi connectivity index (χ2v) is 9.98. The Kier molecular flexibility index (Phi) is 3.46. The molecule has 0 amide bonds. The van der Waals surface area contributed by atoms with Gasteiger partial charge in [-0.15, -0.1) is 0 Å². The highest BCUT2D eigenvalue weighted by atomic mass is 16.7. The Hall–Kier alpha value is -0.980. The smallest absolute Gasteiger partial charge is 0.341 e. The summed E-state index contributed by atoms with van der Waals surface area (Å²) in [6, 6.07) is 0. The van der Waals surface area contributed by atoms with Crippen LogP contribution in [-0.2, 0) is 23.8 Å². The van der Waals surface area contributed by atoms with Crippen LogP contribution >= 0.6 is 0 Å². The quantitative estimate of drug-likeness (QED) is 0.595. The molecule has 7 atom stereocenters.